The molecule has 19 heavy (non-hydrogen) atoms. The number of carbonyl (C=O) groups excluding carboxylic acids is 1. The molecule has 6 heteroatoms. The normalized spacial score (nSPS) is 10.8. The van der Waals surface area contributed by atoms with Gasteiger partial charge in [0.1, 0.15) is 11.6 Å². The molecule has 1 N–H and O–H groups in total. The summed E-state index contributed by atoms with van der Waals surface area (Å²) in [6, 6.07) is 2.64. The molecule has 106 valence electrons. The zero-order valence-electron chi connectivity index (χ0n) is 10.9. The second kappa shape index (κ2) is 7.81. The van der Waals surface area contributed by atoms with Crippen LogP contribution in [0.1, 0.15) is 24.2 Å². The lowest BCUT2D eigenvalue weighted by molar-refractivity contribution is -0.131. The van der Waals surface area contributed by atoms with Crippen LogP contribution < -0.4 is 5.32 Å². The molecule has 0 heterocycles. The summed E-state index contributed by atoms with van der Waals surface area (Å²) in [6.07, 6.45) is -0.572. The van der Waals surface area contributed by atoms with Crippen LogP contribution in [-0.4, -0.2) is 32.0 Å². The quantitative estimate of drug-likeness (QED) is 0.774. The monoisotopic (exact) mass is 273 g/mol. The van der Waals surface area contributed by atoms with Gasteiger partial charge >= 0.3 is 0 Å². The van der Waals surface area contributed by atoms with Crippen molar-refractivity contribution in [1.29, 1.82) is 0 Å². The van der Waals surface area contributed by atoms with E-state index in [1.807, 2.05) is 0 Å². The van der Waals surface area contributed by atoms with Gasteiger partial charge in [-0.25, -0.2) is 8.78 Å². The zero-order chi connectivity index (χ0) is 14.3. The van der Waals surface area contributed by atoms with E-state index in [4.69, 9.17) is 9.47 Å². The average molecular weight is 273 g/mol. The van der Waals surface area contributed by atoms with Gasteiger partial charge in [0.15, 0.2) is 6.29 Å². The summed E-state index contributed by atoms with van der Waals surface area (Å²) in [7, 11) is 0. The molecule has 0 radical (unpaired) electrons. The fourth-order valence-electron chi connectivity index (χ4n) is 1.50. The van der Waals surface area contributed by atoms with Gasteiger partial charge in [-0.1, -0.05) is 0 Å². The van der Waals surface area contributed by atoms with Crippen LogP contribution in [0.2, 0.25) is 0 Å². The Hall–Kier alpha value is -1.53. The average Bonchev–Trinajstić information content (AvgIpc) is 2.35. The molecule has 0 aromatic heterocycles. The number of amides is 1. The third-order valence-corrected chi connectivity index (χ3v) is 2.26. The van der Waals surface area contributed by atoms with Crippen LogP contribution >= 0.6 is 0 Å². The Morgan fingerprint density at radius 2 is 1.68 bits per heavy atom. The van der Waals surface area contributed by atoms with Crippen molar-refractivity contribution in [2.24, 2.45) is 0 Å². The van der Waals surface area contributed by atoms with E-state index >= 15 is 0 Å². The number of hydrogen-bond acceptors (Lipinski definition) is 3. The van der Waals surface area contributed by atoms with Gasteiger partial charge in [-0.15, -0.1) is 0 Å². The van der Waals surface area contributed by atoms with Gasteiger partial charge in [0.05, 0.1) is 6.54 Å². The summed E-state index contributed by atoms with van der Waals surface area (Å²) < 4.78 is 36.4. The van der Waals surface area contributed by atoms with Gasteiger partial charge in [-0.05, 0) is 26.0 Å². The second-order valence-corrected chi connectivity index (χ2v) is 3.71. The van der Waals surface area contributed by atoms with E-state index in [1.54, 1.807) is 13.8 Å². The smallest absolute Gasteiger partial charge is 0.251 e. The third kappa shape index (κ3) is 5.32. The van der Waals surface area contributed by atoms with E-state index in [1.165, 1.54) is 0 Å². The first-order valence-electron chi connectivity index (χ1n) is 6.04. The number of hydrogen-bond donors (Lipinski definition) is 1. The molecule has 1 aromatic carbocycles. The Morgan fingerprint density at radius 3 is 2.16 bits per heavy atom. The summed E-state index contributed by atoms with van der Waals surface area (Å²) in [6.45, 7) is 4.59. The topological polar surface area (TPSA) is 47.6 Å². The van der Waals surface area contributed by atoms with Crippen LogP contribution in [-0.2, 0) is 9.47 Å². The highest BCUT2D eigenvalue weighted by molar-refractivity contribution is 5.94. The predicted octanol–water partition coefficient (Wildman–Crippen LogP) is 2.09. The highest BCUT2D eigenvalue weighted by atomic mass is 19.1. The van der Waals surface area contributed by atoms with Crippen molar-refractivity contribution in [2.45, 2.75) is 20.1 Å². The van der Waals surface area contributed by atoms with Gasteiger partial charge in [0.2, 0.25) is 0 Å². The molecule has 0 fully saturated rings. The molecule has 0 bridgehead atoms. The summed E-state index contributed by atoms with van der Waals surface area (Å²) in [5.74, 6) is -2.17. The van der Waals surface area contributed by atoms with Crippen molar-refractivity contribution >= 4 is 5.91 Å². The molecule has 0 saturated heterocycles. The number of rotatable bonds is 7. The summed E-state index contributed by atoms with van der Waals surface area (Å²) >= 11 is 0. The Bertz CT molecular complexity index is 400. The van der Waals surface area contributed by atoms with Crippen molar-refractivity contribution in [1.82, 2.24) is 5.32 Å². The van der Waals surface area contributed by atoms with E-state index in [0.717, 1.165) is 12.1 Å². The molecule has 4 nitrogen and oxygen atoms in total. The van der Waals surface area contributed by atoms with Gasteiger partial charge < -0.3 is 14.8 Å². The SMILES string of the molecule is CCOC(CNC(=O)c1cc(F)cc(F)c1)OCC. The molecule has 0 atom stereocenters. The Balaban J connectivity index is 2.58. The first-order valence-corrected chi connectivity index (χ1v) is 6.04. The van der Waals surface area contributed by atoms with Gasteiger partial charge in [-0.3, -0.25) is 4.79 Å². The summed E-state index contributed by atoms with van der Waals surface area (Å²) in [4.78, 5) is 11.7. The maximum absolute atomic E-state index is 13.0. The second-order valence-electron chi connectivity index (χ2n) is 3.71. The van der Waals surface area contributed by atoms with Crippen molar-refractivity contribution in [3.05, 3.63) is 35.4 Å². The number of halogens is 2. The van der Waals surface area contributed by atoms with E-state index < -0.39 is 23.8 Å². The molecule has 0 spiro atoms. The lowest BCUT2D eigenvalue weighted by Crippen LogP contribution is -2.35. The molecular formula is C13H17F2NO3. The Morgan fingerprint density at radius 1 is 1.16 bits per heavy atom. The van der Waals surface area contributed by atoms with Crippen LogP contribution in [0.3, 0.4) is 0 Å². The molecule has 0 aliphatic carbocycles. The highest BCUT2D eigenvalue weighted by Gasteiger charge is 2.13. The van der Waals surface area contributed by atoms with Crippen molar-refractivity contribution in [2.75, 3.05) is 19.8 Å². The fraction of sp³-hybridized carbons (Fsp3) is 0.462. The van der Waals surface area contributed by atoms with E-state index in [9.17, 15) is 13.6 Å². The van der Waals surface area contributed by atoms with Gasteiger partial charge in [0.25, 0.3) is 5.91 Å². The molecule has 0 aliphatic rings. The first-order chi connectivity index (χ1) is 9.06. The van der Waals surface area contributed by atoms with Crippen LogP contribution in [0.5, 0.6) is 0 Å². The van der Waals surface area contributed by atoms with E-state index in [-0.39, 0.29) is 12.1 Å². The number of carbonyl (C=O) groups is 1. The third-order valence-electron chi connectivity index (χ3n) is 2.26. The van der Waals surface area contributed by atoms with Crippen LogP contribution in [0.4, 0.5) is 8.78 Å². The van der Waals surface area contributed by atoms with Crippen molar-refractivity contribution < 1.29 is 23.0 Å². The van der Waals surface area contributed by atoms with Crippen LogP contribution in [0.15, 0.2) is 18.2 Å². The number of benzene rings is 1. The maximum Gasteiger partial charge on any atom is 0.251 e. The van der Waals surface area contributed by atoms with E-state index in [0.29, 0.717) is 19.3 Å². The minimum absolute atomic E-state index is 0.0794. The van der Waals surface area contributed by atoms with Crippen molar-refractivity contribution in [3.8, 4) is 0 Å². The molecule has 0 aliphatic heterocycles. The van der Waals surface area contributed by atoms with E-state index in [2.05, 4.69) is 5.32 Å². The highest BCUT2D eigenvalue weighted by Crippen LogP contribution is 2.07. The molecule has 1 amide bonds. The van der Waals surface area contributed by atoms with Gasteiger partial charge in [0, 0.05) is 24.8 Å². The minimum Gasteiger partial charge on any atom is -0.351 e. The Labute approximate surface area is 110 Å². The fourth-order valence-corrected chi connectivity index (χ4v) is 1.50. The lowest BCUT2D eigenvalue weighted by Gasteiger charge is -2.17. The molecule has 1 rings (SSSR count). The maximum atomic E-state index is 13.0. The van der Waals surface area contributed by atoms with Crippen molar-refractivity contribution in [3.63, 3.8) is 0 Å². The standard InChI is InChI=1S/C13H17F2NO3/c1-3-18-12(19-4-2)8-16-13(17)9-5-10(14)7-11(15)6-9/h5-7,12H,3-4,8H2,1-2H3,(H,16,17). The Kier molecular flexibility index (Phi) is 6.38. The molecular weight excluding hydrogens is 256 g/mol. The minimum atomic E-state index is -0.795. The molecule has 1 aromatic rings. The largest absolute Gasteiger partial charge is 0.351 e. The summed E-state index contributed by atoms with van der Waals surface area (Å²) in [5.41, 5.74) is -0.0794. The number of ether oxygens (including phenoxy) is 2. The lowest BCUT2D eigenvalue weighted by atomic mass is 10.2. The van der Waals surface area contributed by atoms with Crippen LogP contribution in [0, 0.1) is 11.6 Å². The summed E-state index contributed by atoms with van der Waals surface area (Å²) in [5, 5.41) is 2.50. The van der Waals surface area contributed by atoms with Gasteiger partial charge in [-0.2, -0.15) is 0 Å². The molecule has 0 saturated carbocycles. The number of nitrogens with one attached hydrogen (secondary N) is 1. The first kappa shape index (κ1) is 15.5. The molecule has 0 unspecified atom stereocenters. The van der Waals surface area contributed by atoms with Crippen LogP contribution in [0.25, 0.3) is 0 Å². The predicted molar refractivity (Wildman–Crippen MR) is 65.7 cm³/mol. The zero-order valence-corrected chi connectivity index (χ0v) is 10.9.